The number of benzene rings is 1. The fraction of sp³-hybridized carbons (Fsp3) is 0.211. The predicted octanol–water partition coefficient (Wildman–Crippen LogP) is 3.56. The Hall–Kier alpha value is -2.75. The second-order valence-electron chi connectivity index (χ2n) is 5.39. The summed E-state index contributed by atoms with van der Waals surface area (Å²) in [5.74, 6) is -0.373. The van der Waals surface area contributed by atoms with E-state index in [0.717, 1.165) is 22.4 Å². The summed E-state index contributed by atoms with van der Waals surface area (Å²) in [6, 6.07) is 11.9. The number of esters is 1. The molecule has 0 saturated heterocycles. The predicted molar refractivity (Wildman–Crippen MR) is 90.1 cm³/mol. The zero-order valence-corrected chi connectivity index (χ0v) is 13.2. The van der Waals surface area contributed by atoms with Crippen molar-refractivity contribution in [2.75, 3.05) is 6.61 Å². The average molecular weight is 306 g/mol. The Morgan fingerprint density at radius 1 is 1.17 bits per heavy atom. The third-order valence-corrected chi connectivity index (χ3v) is 3.74. The number of hydrogen-bond donors (Lipinski definition) is 0. The summed E-state index contributed by atoms with van der Waals surface area (Å²) in [4.78, 5) is 20.9. The molecule has 0 atom stereocenters. The van der Waals surface area contributed by atoms with Crippen molar-refractivity contribution in [2.45, 2.75) is 20.3 Å². The van der Waals surface area contributed by atoms with Crippen molar-refractivity contribution in [3.63, 3.8) is 0 Å². The van der Waals surface area contributed by atoms with Gasteiger partial charge in [-0.3, -0.25) is 4.98 Å². The Morgan fingerprint density at radius 3 is 2.61 bits per heavy atom. The summed E-state index contributed by atoms with van der Waals surface area (Å²) in [6.07, 6.45) is 4.09. The average Bonchev–Trinajstić information content (AvgIpc) is 3.02. The highest BCUT2D eigenvalue weighted by molar-refractivity contribution is 6.15. The number of pyridine rings is 1. The molecule has 0 spiro atoms. The molecule has 116 valence electrons. The molecule has 0 N–H and O–H groups in total. The first-order valence-electron chi connectivity index (χ1n) is 7.64. The molecule has 4 heteroatoms. The molecule has 3 rings (SSSR count). The standard InChI is InChI=1S/C19H18N2O2/c1-3-23-19(22)18-16(14-8-6-13(2)7-9-14)11-17(21-18)15-5-4-10-20-12-15/h4-10,12H,3,11H2,1-2H3. The second-order valence-corrected chi connectivity index (χ2v) is 5.39. The van der Waals surface area contributed by atoms with Gasteiger partial charge in [0.05, 0.1) is 12.3 Å². The zero-order chi connectivity index (χ0) is 16.2. The lowest BCUT2D eigenvalue weighted by atomic mass is 9.98. The lowest BCUT2D eigenvalue weighted by molar-refractivity contribution is -0.138. The van der Waals surface area contributed by atoms with Gasteiger partial charge in [-0.1, -0.05) is 35.9 Å². The number of aryl methyl sites for hydroxylation is 1. The molecular weight excluding hydrogens is 288 g/mol. The number of carbonyl (C=O) groups is 1. The van der Waals surface area contributed by atoms with Crippen LogP contribution in [-0.2, 0) is 9.53 Å². The van der Waals surface area contributed by atoms with Crippen LogP contribution in [0.5, 0.6) is 0 Å². The fourth-order valence-corrected chi connectivity index (χ4v) is 2.56. The van der Waals surface area contributed by atoms with Gasteiger partial charge in [-0.2, -0.15) is 0 Å². The monoisotopic (exact) mass is 306 g/mol. The number of aromatic nitrogens is 1. The molecule has 0 saturated carbocycles. The molecule has 23 heavy (non-hydrogen) atoms. The molecule has 1 aliphatic rings. The van der Waals surface area contributed by atoms with Gasteiger partial charge < -0.3 is 4.74 Å². The molecule has 0 unspecified atom stereocenters. The molecule has 0 bridgehead atoms. The number of allylic oxidation sites excluding steroid dienone is 1. The van der Waals surface area contributed by atoms with Crippen molar-refractivity contribution in [1.29, 1.82) is 0 Å². The molecule has 4 nitrogen and oxygen atoms in total. The Bertz CT molecular complexity index is 775. The molecule has 0 radical (unpaired) electrons. The first kappa shape index (κ1) is 15.2. The largest absolute Gasteiger partial charge is 0.461 e. The topological polar surface area (TPSA) is 51.5 Å². The Kier molecular flexibility index (Phi) is 4.33. The van der Waals surface area contributed by atoms with Crippen molar-refractivity contribution in [1.82, 2.24) is 4.98 Å². The smallest absolute Gasteiger partial charge is 0.357 e. The van der Waals surface area contributed by atoms with E-state index in [1.807, 2.05) is 43.3 Å². The summed E-state index contributed by atoms with van der Waals surface area (Å²) < 4.78 is 5.17. The number of carbonyl (C=O) groups excluding carboxylic acids is 1. The summed E-state index contributed by atoms with van der Waals surface area (Å²) in [6.45, 7) is 4.17. The molecular formula is C19H18N2O2. The van der Waals surface area contributed by atoms with E-state index in [1.54, 1.807) is 19.3 Å². The van der Waals surface area contributed by atoms with Gasteiger partial charge in [0.1, 0.15) is 0 Å². The highest BCUT2D eigenvalue weighted by Gasteiger charge is 2.26. The molecule has 0 fully saturated rings. The van der Waals surface area contributed by atoms with Crippen LogP contribution in [0, 0.1) is 6.92 Å². The van der Waals surface area contributed by atoms with Gasteiger partial charge in [0.15, 0.2) is 5.70 Å². The minimum absolute atomic E-state index is 0.335. The Balaban J connectivity index is 2.00. The van der Waals surface area contributed by atoms with Gasteiger partial charge in [-0.25, -0.2) is 9.79 Å². The van der Waals surface area contributed by atoms with Crippen LogP contribution in [0.2, 0.25) is 0 Å². The maximum atomic E-state index is 12.3. The van der Waals surface area contributed by atoms with Crippen LogP contribution < -0.4 is 0 Å². The number of rotatable bonds is 4. The van der Waals surface area contributed by atoms with Gasteiger partial charge in [0, 0.05) is 24.4 Å². The summed E-state index contributed by atoms with van der Waals surface area (Å²) >= 11 is 0. The van der Waals surface area contributed by atoms with E-state index in [1.165, 1.54) is 5.56 Å². The lowest BCUT2D eigenvalue weighted by Gasteiger charge is -2.06. The number of aliphatic imine (C=N–C) groups is 1. The molecule has 1 aliphatic heterocycles. The first-order valence-corrected chi connectivity index (χ1v) is 7.64. The van der Waals surface area contributed by atoms with E-state index in [9.17, 15) is 4.79 Å². The van der Waals surface area contributed by atoms with Crippen LogP contribution >= 0.6 is 0 Å². The SMILES string of the molecule is CCOC(=O)C1=C(c2ccc(C)cc2)CC(c2cccnc2)=N1. The normalized spacial score (nSPS) is 13.9. The zero-order valence-electron chi connectivity index (χ0n) is 13.2. The molecule has 1 aromatic heterocycles. The Labute approximate surface area is 135 Å². The Morgan fingerprint density at radius 2 is 1.96 bits per heavy atom. The maximum Gasteiger partial charge on any atom is 0.357 e. The second kappa shape index (κ2) is 6.57. The molecule has 2 aromatic rings. The van der Waals surface area contributed by atoms with E-state index in [2.05, 4.69) is 9.98 Å². The summed E-state index contributed by atoms with van der Waals surface area (Å²) in [7, 11) is 0. The summed E-state index contributed by atoms with van der Waals surface area (Å²) in [5, 5.41) is 0. The molecule has 0 aliphatic carbocycles. The van der Waals surface area contributed by atoms with Gasteiger partial charge in [0.2, 0.25) is 0 Å². The van der Waals surface area contributed by atoms with E-state index in [0.29, 0.717) is 18.7 Å². The van der Waals surface area contributed by atoms with E-state index in [4.69, 9.17) is 4.74 Å². The van der Waals surface area contributed by atoms with Gasteiger partial charge in [-0.15, -0.1) is 0 Å². The lowest BCUT2D eigenvalue weighted by Crippen LogP contribution is -2.06. The van der Waals surface area contributed by atoms with Crippen LogP contribution in [0.3, 0.4) is 0 Å². The number of nitrogens with zero attached hydrogens (tertiary/aromatic N) is 2. The van der Waals surface area contributed by atoms with Crippen molar-refractivity contribution < 1.29 is 9.53 Å². The molecule has 0 amide bonds. The quantitative estimate of drug-likeness (QED) is 0.812. The van der Waals surface area contributed by atoms with Gasteiger partial charge in [-0.05, 0) is 31.1 Å². The fourth-order valence-electron chi connectivity index (χ4n) is 2.56. The van der Waals surface area contributed by atoms with Crippen molar-refractivity contribution in [3.05, 3.63) is 71.2 Å². The van der Waals surface area contributed by atoms with E-state index in [-0.39, 0.29) is 5.97 Å². The van der Waals surface area contributed by atoms with Crippen molar-refractivity contribution in [2.24, 2.45) is 4.99 Å². The van der Waals surface area contributed by atoms with Crippen LogP contribution in [0.4, 0.5) is 0 Å². The number of hydrogen-bond acceptors (Lipinski definition) is 4. The third-order valence-electron chi connectivity index (χ3n) is 3.74. The summed E-state index contributed by atoms with van der Waals surface area (Å²) in [5.41, 5.74) is 5.25. The third kappa shape index (κ3) is 3.21. The molecule has 1 aromatic carbocycles. The minimum atomic E-state index is -0.373. The molecule has 2 heterocycles. The first-order chi connectivity index (χ1) is 11.2. The van der Waals surface area contributed by atoms with Gasteiger partial charge in [0.25, 0.3) is 0 Å². The van der Waals surface area contributed by atoms with E-state index < -0.39 is 0 Å². The minimum Gasteiger partial charge on any atom is -0.461 e. The highest BCUT2D eigenvalue weighted by Crippen LogP contribution is 2.32. The highest BCUT2D eigenvalue weighted by atomic mass is 16.5. The maximum absolute atomic E-state index is 12.3. The van der Waals surface area contributed by atoms with Crippen molar-refractivity contribution in [3.8, 4) is 0 Å². The number of ether oxygens (including phenoxy) is 1. The van der Waals surface area contributed by atoms with Crippen LogP contribution in [0.25, 0.3) is 5.57 Å². The van der Waals surface area contributed by atoms with Crippen LogP contribution in [0.15, 0.2) is 59.5 Å². The van der Waals surface area contributed by atoms with Crippen molar-refractivity contribution >= 4 is 17.3 Å². The van der Waals surface area contributed by atoms with E-state index >= 15 is 0 Å². The van der Waals surface area contributed by atoms with Crippen LogP contribution in [-0.4, -0.2) is 23.3 Å². The van der Waals surface area contributed by atoms with Crippen LogP contribution in [0.1, 0.15) is 30.0 Å². The van der Waals surface area contributed by atoms with Gasteiger partial charge >= 0.3 is 5.97 Å².